The summed E-state index contributed by atoms with van der Waals surface area (Å²) in [6.45, 7) is 10.1. The van der Waals surface area contributed by atoms with Gasteiger partial charge in [-0.25, -0.2) is 0 Å². The van der Waals surface area contributed by atoms with E-state index >= 15 is 0 Å². The molecule has 0 heterocycles. The van der Waals surface area contributed by atoms with Crippen LogP contribution in [0.4, 0.5) is 0 Å². The molecule has 0 spiro atoms. The predicted octanol–water partition coefficient (Wildman–Crippen LogP) is -1.80. The van der Waals surface area contributed by atoms with Gasteiger partial charge in [0.05, 0.1) is 0 Å². The molecule has 84 valence electrons. The Morgan fingerprint density at radius 2 is 1.29 bits per heavy atom. The molecule has 0 aliphatic heterocycles. The Labute approximate surface area is 133 Å². The summed E-state index contributed by atoms with van der Waals surface area (Å²) in [6, 6.07) is 0. The van der Waals surface area contributed by atoms with Crippen molar-refractivity contribution in [2.75, 3.05) is 19.6 Å². The monoisotopic (exact) mass is 273 g/mol. The molecule has 0 amide bonds. The normalized spacial score (nSPS) is 9.29. The topological polar surface area (TPSA) is 87.6 Å². The summed E-state index contributed by atoms with van der Waals surface area (Å²) in [5, 5.41) is 0. The summed E-state index contributed by atoms with van der Waals surface area (Å²) in [5.41, 5.74) is 0. The molecule has 0 aromatic heterocycles. The van der Waals surface area contributed by atoms with Crippen LogP contribution in [-0.4, -0.2) is 43.0 Å². The van der Waals surface area contributed by atoms with Crippen LogP contribution in [0.2, 0.25) is 0 Å². The molecule has 0 saturated carbocycles. The Morgan fingerprint density at radius 3 is 1.29 bits per heavy atom. The van der Waals surface area contributed by atoms with Gasteiger partial charge in [-0.05, 0) is 19.6 Å². The molecule has 0 rings (SSSR count). The molecule has 5 nitrogen and oxygen atoms in total. The fourth-order valence-corrected chi connectivity index (χ4v) is 0.671. The fourth-order valence-electron chi connectivity index (χ4n) is 0.671. The van der Waals surface area contributed by atoms with E-state index in [0.717, 1.165) is 0 Å². The third kappa shape index (κ3) is 37.2. The van der Waals surface area contributed by atoms with Crippen LogP contribution in [0.5, 0.6) is 0 Å². The molecule has 0 aromatic carbocycles. The first-order chi connectivity index (χ1) is 5.35. The first kappa shape index (κ1) is 24.8. The van der Waals surface area contributed by atoms with Crippen molar-refractivity contribution in [3.05, 3.63) is 0 Å². The molecular formula is C6H17ClKNO4S. The summed E-state index contributed by atoms with van der Waals surface area (Å²) in [4.78, 5) is 2.38. The van der Waals surface area contributed by atoms with Crippen molar-refractivity contribution >= 4 is 20.0 Å². The number of halogens is 1. The Kier molecular flexibility index (Phi) is 26.2. The molecule has 14 heavy (non-hydrogen) atoms. The quantitative estimate of drug-likeness (QED) is 0.373. The minimum atomic E-state index is -4.19. The van der Waals surface area contributed by atoms with Crippen LogP contribution in [0.25, 0.3) is 0 Å². The number of hydrogen-bond donors (Lipinski definition) is 1. The number of rotatable bonds is 3. The number of hydrogen-bond acceptors (Lipinski definition) is 4. The van der Waals surface area contributed by atoms with Gasteiger partial charge in [0.15, 0.2) is 0 Å². The van der Waals surface area contributed by atoms with Crippen LogP contribution in [0, 0.1) is 0 Å². The standard InChI is InChI=1S/C6H15N.ClHO3S.K.H2O/c1-4-7(5-2)6-3;1-5(2,3)4;;/h4-6H2,1-3H3;(H,2,3,4);;1H2/q;;+1;/p-1. The first-order valence-electron chi connectivity index (χ1n) is 3.74. The van der Waals surface area contributed by atoms with Gasteiger partial charge >= 0.3 is 60.7 Å². The molecule has 0 aromatic rings. The average molecular weight is 274 g/mol. The van der Waals surface area contributed by atoms with Crippen molar-refractivity contribution in [3.8, 4) is 0 Å². The molecular weight excluding hydrogens is 257 g/mol. The molecule has 0 aliphatic rings. The van der Waals surface area contributed by atoms with Crippen LogP contribution in [0.3, 0.4) is 0 Å². The average Bonchev–Trinajstić information content (AvgIpc) is 1.88. The SMILES string of the molecule is CCN(CC)CC.O=S(=O)(O)Cl.[K+].[OH-]. The van der Waals surface area contributed by atoms with Gasteiger partial charge in [0, 0.05) is 10.7 Å². The van der Waals surface area contributed by atoms with E-state index in [-0.39, 0.29) is 56.9 Å². The van der Waals surface area contributed by atoms with E-state index in [0.29, 0.717) is 0 Å². The largest absolute Gasteiger partial charge is 1.00 e. The predicted molar refractivity (Wildman–Crippen MR) is 52.8 cm³/mol. The molecule has 0 bridgehead atoms. The maximum atomic E-state index is 8.95. The van der Waals surface area contributed by atoms with E-state index in [2.05, 4.69) is 36.4 Å². The van der Waals surface area contributed by atoms with E-state index in [4.69, 9.17) is 13.0 Å². The molecule has 0 saturated heterocycles. The summed E-state index contributed by atoms with van der Waals surface area (Å²) < 4.78 is 25.2. The van der Waals surface area contributed by atoms with Gasteiger partial charge in [0.2, 0.25) is 0 Å². The molecule has 0 radical (unpaired) electrons. The third-order valence-corrected chi connectivity index (χ3v) is 1.34. The Balaban J connectivity index is -0.0000000651. The van der Waals surface area contributed by atoms with Crippen LogP contribution < -0.4 is 51.4 Å². The second-order valence-corrected chi connectivity index (χ2v) is 4.03. The first-order valence-corrected chi connectivity index (χ1v) is 6.01. The number of nitrogens with zero attached hydrogens (tertiary/aromatic N) is 1. The van der Waals surface area contributed by atoms with E-state index in [1.165, 1.54) is 19.6 Å². The van der Waals surface area contributed by atoms with Crippen LogP contribution in [0.15, 0.2) is 0 Å². The molecule has 0 aliphatic carbocycles. The minimum absolute atomic E-state index is 0. The van der Waals surface area contributed by atoms with Gasteiger partial charge in [-0.2, -0.15) is 8.42 Å². The van der Waals surface area contributed by atoms with E-state index in [9.17, 15) is 0 Å². The summed E-state index contributed by atoms with van der Waals surface area (Å²) in [7, 11) is -0.137. The molecule has 0 fully saturated rings. The van der Waals surface area contributed by atoms with Gasteiger partial charge in [0.1, 0.15) is 0 Å². The second kappa shape index (κ2) is 14.8. The summed E-state index contributed by atoms with van der Waals surface area (Å²) in [6.07, 6.45) is 0. The van der Waals surface area contributed by atoms with Gasteiger partial charge in [0.25, 0.3) is 0 Å². The van der Waals surface area contributed by atoms with Crippen molar-refractivity contribution in [2.45, 2.75) is 20.8 Å². The van der Waals surface area contributed by atoms with Crippen molar-refractivity contribution < 1.29 is 69.8 Å². The zero-order valence-electron chi connectivity index (χ0n) is 9.07. The van der Waals surface area contributed by atoms with Crippen LogP contribution >= 0.6 is 10.7 Å². The maximum absolute atomic E-state index is 8.95. The van der Waals surface area contributed by atoms with Gasteiger partial charge in [-0.1, -0.05) is 20.8 Å². The van der Waals surface area contributed by atoms with Gasteiger partial charge in [-0.3, -0.25) is 4.55 Å². The zero-order valence-corrected chi connectivity index (χ0v) is 13.8. The zero-order chi connectivity index (χ0) is 10.2. The third-order valence-electron chi connectivity index (χ3n) is 1.34. The molecule has 2 N–H and O–H groups in total. The Bertz CT molecular complexity index is 171. The molecule has 8 heteroatoms. The smallest absolute Gasteiger partial charge is 0.870 e. The maximum Gasteiger partial charge on any atom is 1.00 e. The molecule has 0 unspecified atom stereocenters. The summed E-state index contributed by atoms with van der Waals surface area (Å²) in [5.74, 6) is 0. The van der Waals surface area contributed by atoms with Gasteiger partial charge in [-0.15, -0.1) is 0 Å². The van der Waals surface area contributed by atoms with Gasteiger partial charge < -0.3 is 10.4 Å². The van der Waals surface area contributed by atoms with Crippen LogP contribution in [0.1, 0.15) is 20.8 Å². The molecule has 0 atom stereocenters. The Morgan fingerprint density at radius 1 is 1.14 bits per heavy atom. The second-order valence-electron chi connectivity index (χ2n) is 2.03. The van der Waals surface area contributed by atoms with E-state index in [1.54, 1.807) is 0 Å². The fraction of sp³-hybridized carbons (Fsp3) is 1.00. The van der Waals surface area contributed by atoms with Crippen molar-refractivity contribution in [2.24, 2.45) is 0 Å². The van der Waals surface area contributed by atoms with Crippen molar-refractivity contribution in [1.29, 1.82) is 0 Å². The van der Waals surface area contributed by atoms with E-state index in [1.807, 2.05) is 0 Å². The minimum Gasteiger partial charge on any atom is -0.870 e. The summed E-state index contributed by atoms with van der Waals surface area (Å²) >= 11 is 0. The van der Waals surface area contributed by atoms with Crippen LogP contribution in [-0.2, 0) is 9.33 Å². The van der Waals surface area contributed by atoms with E-state index < -0.39 is 9.33 Å². The van der Waals surface area contributed by atoms with Crippen molar-refractivity contribution in [1.82, 2.24) is 4.90 Å². The van der Waals surface area contributed by atoms with Crippen molar-refractivity contribution in [3.63, 3.8) is 0 Å². The Hall–Kier alpha value is 1.76.